The van der Waals surface area contributed by atoms with Crippen molar-refractivity contribution in [1.82, 2.24) is 4.98 Å². The van der Waals surface area contributed by atoms with Gasteiger partial charge in [-0.15, -0.1) is 11.3 Å². The number of hydrogen-bond acceptors (Lipinski definition) is 2. The third kappa shape index (κ3) is 0.763. The standard InChI is InChI=1S/C3H2NPS/c5-3-4-1-2-6-3/h1-2H. The first-order valence-electron chi connectivity index (χ1n) is 1.48. The van der Waals surface area contributed by atoms with Crippen molar-refractivity contribution in [3.63, 3.8) is 0 Å². The molecule has 0 unspecified atom stereocenters. The van der Waals surface area contributed by atoms with Crippen LogP contribution in [-0.4, -0.2) is 4.98 Å². The molecule has 0 fully saturated rings. The summed E-state index contributed by atoms with van der Waals surface area (Å²) >= 11 is 1.53. The number of hydrogen-bond donors (Lipinski definition) is 0. The maximum atomic E-state index is 3.94. The third-order valence-electron chi connectivity index (χ3n) is 0.419. The Kier molecular flexibility index (Phi) is 1.18. The molecule has 2 radical (unpaired) electrons. The van der Waals surface area contributed by atoms with Gasteiger partial charge in [0.25, 0.3) is 0 Å². The lowest BCUT2D eigenvalue weighted by molar-refractivity contribution is 1.48. The number of nitrogens with zero attached hydrogens (tertiary/aromatic N) is 1. The van der Waals surface area contributed by atoms with Crippen LogP contribution in [0.15, 0.2) is 11.6 Å². The Morgan fingerprint density at radius 2 is 2.67 bits per heavy atom. The summed E-state index contributed by atoms with van der Waals surface area (Å²) in [6.45, 7) is 0. The molecule has 0 saturated heterocycles. The molecule has 0 aliphatic heterocycles. The quantitative estimate of drug-likeness (QED) is 0.462. The predicted molar refractivity (Wildman–Crippen MR) is 28.7 cm³/mol. The van der Waals surface area contributed by atoms with E-state index < -0.39 is 0 Å². The molecule has 30 valence electrons. The summed E-state index contributed by atoms with van der Waals surface area (Å²) in [5.41, 5.74) is 0. The maximum Gasteiger partial charge on any atom is 0.125 e. The molecule has 0 N–H and O–H groups in total. The molecule has 0 aromatic carbocycles. The van der Waals surface area contributed by atoms with Gasteiger partial charge in [-0.1, -0.05) is 0 Å². The number of aromatic nitrogens is 1. The second-order valence-electron chi connectivity index (χ2n) is 0.815. The summed E-state index contributed by atoms with van der Waals surface area (Å²) in [5, 5.41) is 1.89. The highest BCUT2D eigenvalue weighted by Gasteiger charge is 1.78. The highest BCUT2D eigenvalue weighted by molar-refractivity contribution is 7.42. The van der Waals surface area contributed by atoms with Crippen molar-refractivity contribution in [2.45, 2.75) is 0 Å². The van der Waals surface area contributed by atoms with Crippen molar-refractivity contribution in [2.75, 3.05) is 0 Å². The molecule has 1 aromatic rings. The van der Waals surface area contributed by atoms with E-state index in [9.17, 15) is 0 Å². The van der Waals surface area contributed by atoms with E-state index in [4.69, 9.17) is 0 Å². The fraction of sp³-hybridized carbons (Fsp3) is 0. The fourth-order valence-electron chi connectivity index (χ4n) is 0.216. The van der Waals surface area contributed by atoms with Crippen LogP contribution in [0.5, 0.6) is 0 Å². The molecule has 1 heterocycles. The van der Waals surface area contributed by atoms with Gasteiger partial charge in [-0.3, -0.25) is 0 Å². The normalized spacial score (nSPS) is 8.83. The van der Waals surface area contributed by atoms with Crippen LogP contribution in [-0.2, 0) is 0 Å². The van der Waals surface area contributed by atoms with Crippen molar-refractivity contribution in [3.05, 3.63) is 11.6 Å². The van der Waals surface area contributed by atoms with Crippen molar-refractivity contribution in [2.24, 2.45) is 0 Å². The average Bonchev–Trinajstić information content (AvgIpc) is 1.86. The van der Waals surface area contributed by atoms with Gasteiger partial charge in [-0.05, 0) is 0 Å². The van der Waals surface area contributed by atoms with Crippen molar-refractivity contribution < 1.29 is 0 Å². The number of thiazole rings is 1. The van der Waals surface area contributed by atoms with Crippen molar-refractivity contribution in [1.29, 1.82) is 0 Å². The van der Waals surface area contributed by atoms with Gasteiger partial charge in [0.05, 0.1) is 0 Å². The van der Waals surface area contributed by atoms with E-state index in [0.29, 0.717) is 0 Å². The molecule has 1 aromatic heterocycles. The SMILES string of the molecule is [P]c1nccs1. The lowest BCUT2D eigenvalue weighted by Crippen LogP contribution is -1.79. The summed E-state index contributed by atoms with van der Waals surface area (Å²) in [7, 11) is 3.94. The van der Waals surface area contributed by atoms with Gasteiger partial charge >= 0.3 is 0 Å². The highest BCUT2D eigenvalue weighted by Crippen LogP contribution is 1.91. The predicted octanol–water partition coefficient (Wildman–Crippen LogP) is 1.18. The Labute approximate surface area is 42.6 Å². The Hall–Kier alpha value is 0.0600. The van der Waals surface area contributed by atoms with E-state index in [2.05, 4.69) is 14.2 Å². The van der Waals surface area contributed by atoms with Crippen molar-refractivity contribution in [3.8, 4) is 0 Å². The van der Waals surface area contributed by atoms with Crippen LogP contribution in [0.3, 0.4) is 0 Å². The first kappa shape index (κ1) is 4.23. The minimum atomic E-state index is 0.829. The van der Waals surface area contributed by atoms with E-state index in [-0.39, 0.29) is 0 Å². The highest BCUT2D eigenvalue weighted by atomic mass is 32.1. The molecule has 1 nitrogen and oxygen atoms in total. The van der Waals surface area contributed by atoms with Crippen LogP contribution in [0.4, 0.5) is 0 Å². The summed E-state index contributed by atoms with van der Waals surface area (Å²) < 4.78 is 0.829. The topological polar surface area (TPSA) is 12.9 Å². The lowest BCUT2D eigenvalue weighted by Gasteiger charge is -1.62. The van der Waals surface area contributed by atoms with Gasteiger partial charge in [0, 0.05) is 20.8 Å². The summed E-state index contributed by atoms with van der Waals surface area (Å²) in [4.78, 5) is 3.80. The molecule has 0 aliphatic carbocycles. The van der Waals surface area contributed by atoms with Crippen LogP contribution < -0.4 is 4.75 Å². The summed E-state index contributed by atoms with van der Waals surface area (Å²) in [6.07, 6.45) is 1.73. The zero-order valence-electron chi connectivity index (χ0n) is 2.96. The Morgan fingerprint density at radius 1 is 1.83 bits per heavy atom. The second-order valence-corrected chi connectivity index (χ2v) is 2.44. The van der Waals surface area contributed by atoms with E-state index in [1.807, 2.05) is 5.38 Å². The molecule has 1 rings (SSSR count). The van der Waals surface area contributed by atoms with Crippen LogP contribution in [0.1, 0.15) is 0 Å². The monoisotopic (exact) mass is 115 g/mol. The van der Waals surface area contributed by atoms with Crippen molar-refractivity contribution >= 4 is 25.3 Å². The molecule has 0 bridgehead atoms. The molecule has 0 aliphatic rings. The van der Waals surface area contributed by atoms with Gasteiger partial charge in [0.2, 0.25) is 0 Å². The molecule has 3 heteroatoms. The molecule has 0 saturated carbocycles. The minimum Gasteiger partial charge on any atom is -0.244 e. The number of rotatable bonds is 0. The Morgan fingerprint density at radius 3 is 2.83 bits per heavy atom. The molecular weight excluding hydrogens is 113 g/mol. The van der Waals surface area contributed by atoms with E-state index in [1.165, 1.54) is 11.3 Å². The zero-order valence-corrected chi connectivity index (χ0v) is 4.67. The smallest absolute Gasteiger partial charge is 0.125 e. The zero-order chi connectivity index (χ0) is 4.41. The Balaban J connectivity index is 3.05. The van der Waals surface area contributed by atoms with Crippen LogP contribution in [0, 0.1) is 0 Å². The van der Waals surface area contributed by atoms with E-state index in [1.54, 1.807) is 6.20 Å². The second kappa shape index (κ2) is 1.67. The van der Waals surface area contributed by atoms with Crippen LogP contribution >= 0.6 is 20.6 Å². The lowest BCUT2D eigenvalue weighted by atomic mass is 11.0. The van der Waals surface area contributed by atoms with Gasteiger partial charge in [0.1, 0.15) is 4.75 Å². The summed E-state index contributed by atoms with van der Waals surface area (Å²) in [6, 6.07) is 0. The molecule has 0 spiro atoms. The fourth-order valence-corrected chi connectivity index (χ4v) is 0.830. The average molecular weight is 115 g/mol. The van der Waals surface area contributed by atoms with E-state index in [0.717, 1.165) is 4.75 Å². The molecule has 0 atom stereocenters. The largest absolute Gasteiger partial charge is 0.244 e. The van der Waals surface area contributed by atoms with Gasteiger partial charge in [0.15, 0.2) is 0 Å². The van der Waals surface area contributed by atoms with Crippen LogP contribution in [0.25, 0.3) is 0 Å². The van der Waals surface area contributed by atoms with Gasteiger partial charge in [-0.2, -0.15) is 0 Å². The van der Waals surface area contributed by atoms with E-state index >= 15 is 0 Å². The summed E-state index contributed by atoms with van der Waals surface area (Å²) in [5.74, 6) is 0. The third-order valence-corrected chi connectivity index (χ3v) is 1.43. The van der Waals surface area contributed by atoms with Gasteiger partial charge < -0.3 is 0 Å². The molecule has 0 amide bonds. The molecule has 6 heavy (non-hydrogen) atoms. The first-order chi connectivity index (χ1) is 2.89. The maximum absolute atomic E-state index is 3.94. The van der Waals surface area contributed by atoms with Gasteiger partial charge in [-0.25, -0.2) is 4.98 Å². The van der Waals surface area contributed by atoms with Crippen LogP contribution in [0.2, 0.25) is 0 Å². The Bertz CT molecular complexity index is 114. The minimum absolute atomic E-state index is 0.829. The molecular formula is C3H2NPS. The first-order valence-corrected chi connectivity index (χ1v) is 2.81.